The van der Waals surface area contributed by atoms with Gasteiger partial charge in [-0.25, -0.2) is 0 Å². The van der Waals surface area contributed by atoms with Crippen LogP contribution in [0.4, 0.5) is 0 Å². The van der Waals surface area contributed by atoms with E-state index in [0.29, 0.717) is 49.6 Å². The molecule has 1 aromatic carbocycles. The van der Waals surface area contributed by atoms with Crippen LogP contribution in [-0.2, 0) is 17.8 Å². The number of hydrogen-bond acceptors (Lipinski definition) is 5. The van der Waals surface area contributed by atoms with Gasteiger partial charge in [0.25, 0.3) is 5.91 Å². The van der Waals surface area contributed by atoms with Gasteiger partial charge in [-0.3, -0.25) is 9.59 Å². The largest absolute Gasteiger partial charge is 0.508 e. The number of aliphatic carboxylic acids is 1. The summed E-state index contributed by atoms with van der Waals surface area (Å²) in [6, 6.07) is 1.61. The number of phenols is 1. The quantitative estimate of drug-likeness (QED) is 0.530. The van der Waals surface area contributed by atoms with Gasteiger partial charge in [0.2, 0.25) is 0 Å². The van der Waals surface area contributed by atoms with Gasteiger partial charge in [-0.2, -0.15) is 0 Å². The minimum Gasteiger partial charge on any atom is -0.508 e. The van der Waals surface area contributed by atoms with Crippen molar-refractivity contribution in [1.29, 1.82) is 0 Å². The summed E-state index contributed by atoms with van der Waals surface area (Å²) in [7, 11) is 0. The van der Waals surface area contributed by atoms with Crippen molar-refractivity contribution in [2.75, 3.05) is 6.54 Å². The van der Waals surface area contributed by atoms with E-state index in [1.54, 1.807) is 11.0 Å². The molecule has 2 fully saturated rings. The summed E-state index contributed by atoms with van der Waals surface area (Å²) < 4.78 is 7.03. The highest BCUT2D eigenvalue weighted by molar-refractivity contribution is 6.00. The minimum absolute atomic E-state index is 0.0967. The Morgan fingerprint density at radius 3 is 2.63 bits per heavy atom. The SMILES string of the molecule is CC1CCC2C(C)(C)C(O)CCC2(C)C12Cc1c(O)cc3c(c1O2)CN(CCCCC(=O)O)C3=O. The van der Waals surface area contributed by atoms with E-state index in [4.69, 9.17) is 9.84 Å². The molecular weight excluding hydrogens is 446 g/mol. The Labute approximate surface area is 207 Å². The molecule has 1 aromatic rings. The molecule has 192 valence electrons. The highest BCUT2D eigenvalue weighted by Crippen LogP contribution is 2.67. The summed E-state index contributed by atoms with van der Waals surface area (Å²) in [5.74, 6) is 0.437. The molecule has 0 bridgehead atoms. The van der Waals surface area contributed by atoms with E-state index in [9.17, 15) is 19.8 Å². The monoisotopic (exact) mass is 485 g/mol. The van der Waals surface area contributed by atoms with Gasteiger partial charge in [0, 0.05) is 35.9 Å². The van der Waals surface area contributed by atoms with Crippen LogP contribution < -0.4 is 4.74 Å². The fourth-order valence-electron chi connectivity index (χ4n) is 8.09. The Hall–Kier alpha value is -2.28. The number of rotatable bonds is 5. The lowest BCUT2D eigenvalue weighted by atomic mass is 9.43. The van der Waals surface area contributed by atoms with Crippen LogP contribution in [0.3, 0.4) is 0 Å². The first kappa shape index (κ1) is 24.4. The van der Waals surface area contributed by atoms with Crippen LogP contribution in [0.15, 0.2) is 6.07 Å². The maximum absolute atomic E-state index is 13.1. The third kappa shape index (κ3) is 3.40. The summed E-state index contributed by atoms with van der Waals surface area (Å²) in [5, 5.41) is 30.8. The predicted molar refractivity (Wildman–Crippen MR) is 130 cm³/mol. The van der Waals surface area contributed by atoms with Crippen molar-refractivity contribution in [2.45, 2.75) is 97.3 Å². The second kappa shape index (κ2) is 8.12. The van der Waals surface area contributed by atoms with Crippen LogP contribution in [0.5, 0.6) is 11.5 Å². The molecule has 5 unspecified atom stereocenters. The second-order valence-corrected chi connectivity index (χ2v) is 12.3. The molecule has 0 radical (unpaired) electrons. The van der Waals surface area contributed by atoms with Crippen LogP contribution >= 0.6 is 0 Å². The molecule has 7 nitrogen and oxygen atoms in total. The number of hydrogen-bond donors (Lipinski definition) is 3. The molecular formula is C28H39NO6. The van der Waals surface area contributed by atoms with Gasteiger partial charge >= 0.3 is 5.97 Å². The molecule has 1 amide bonds. The predicted octanol–water partition coefficient (Wildman–Crippen LogP) is 4.51. The normalized spacial score (nSPS) is 34.9. The Morgan fingerprint density at radius 2 is 1.91 bits per heavy atom. The number of carboxylic acid groups (broad SMARTS) is 1. The van der Waals surface area contributed by atoms with Gasteiger partial charge in [-0.05, 0) is 61.8 Å². The Bertz CT molecular complexity index is 1070. The Kier molecular flexibility index (Phi) is 5.66. The van der Waals surface area contributed by atoms with E-state index in [-0.39, 0.29) is 40.9 Å². The molecule has 5 atom stereocenters. The minimum atomic E-state index is -0.825. The fraction of sp³-hybridized carbons (Fsp3) is 0.714. The number of ether oxygens (including phenoxy) is 1. The van der Waals surface area contributed by atoms with Crippen molar-refractivity contribution in [3.8, 4) is 11.5 Å². The standard InChI is InChI=1S/C28H39NO6/c1-16-8-9-21-26(2,3)22(31)10-11-27(21,4)28(16)14-18-20(30)13-17-19(24(18)35-28)15-29(25(17)34)12-6-5-7-23(32)33/h13,16,21-22,30-31H,5-12,14-15H2,1-4H3,(H,32,33). The Morgan fingerprint density at radius 1 is 1.17 bits per heavy atom. The lowest BCUT2D eigenvalue weighted by Crippen LogP contribution is -2.66. The number of unbranched alkanes of at least 4 members (excludes halogenated alkanes) is 1. The average Bonchev–Trinajstić information content (AvgIpc) is 3.34. The van der Waals surface area contributed by atoms with E-state index in [2.05, 4.69) is 27.7 Å². The lowest BCUT2D eigenvalue weighted by Gasteiger charge is -2.64. The second-order valence-electron chi connectivity index (χ2n) is 12.3. The summed E-state index contributed by atoms with van der Waals surface area (Å²) >= 11 is 0. The topological polar surface area (TPSA) is 107 Å². The maximum atomic E-state index is 13.1. The molecule has 2 aliphatic carbocycles. The van der Waals surface area contributed by atoms with E-state index >= 15 is 0 Å². The van der Waals surface area contributed by atoms with Crippen molar-refractivity contribution in [2.24, 2.45) is 22.7 Å². The first-order valence-corrected chi connectivity index (χ1v) is 13.2. The number of aromatic hydroxyl groups is 1. The number of aliphatic hydroxyl groups excluding tert-OH is 1. The number of fused-ring (bicyclic) bond motifs is 5. The average molecular weight is 486 g/mol. The van der Waals surface area contributed by atoms with Crippen LogP contribution in [0.2, 0.25) is 0 Å². The molecule has 7 heteroatoms. The number of carbonyl (C=O) groups excluding carboxylic acids is 1. The van der Waals surface area contributed by atoms with Gasteiger partial charge in [-0.1, -0.05) is 27.7 Å². The third-order valence-corrected chi connectivity index (χ3v) is 10.2. The van der Waals surface area contributed by atoms with Crippen LogP contribution in [0, 0.1) is 22.7 Å². The van der Waals surface area contributed by atoms with E-state index in [0.717, 1.165) is 36.8 Å². The zero-order valence-electron chi connectivity index (χ0n) is 21.4. The van der Waals surface area contributed by atoms with E-state index in [1.165, 1.54) is 0 Å². The van der Waals surface area contributed by atoms with Gasteiger partial charge in [0.15, 0.2) is 0 Å². The van der Waals surface area contributed by atoms with Crippen LogP contribution in [-0.4, -0.2) is 50.3 Å². The smallest absolute Gasteiger partial charge is 0.303 e. The summed E-state index contributed by atoms with van der Waals surface area (Å²) in [6.45, 7) is 9.86. The number of phenolic OH excluding ortho intramolecular Hbond substituents is 1. The molecule has 2 aliphatic heterocycles. The van der Waals surface area contributed by atoms with Gasteiger partial charge in [0.1, 0.15) is 17.1 Å². The molecule has 0 aromatic heterocycles. The highest BCUT2D eigenvalue weighted by atomic mass is 16.5. The number of carboxylic acids is 1. The number of nitrogens with zero attached hydrogens (tertiary/aromatic N) is 1. The molecule has 3 N–H and O–H groups in total. The molecule has 0 saturated heterocycles. The third-order valence-electron chi connectivity index (χ3n) is 10.2. The van der Waals surface area contributed by atoms with Gasteiger partial charge < -0.3 is 25.0 Å². The zero-order valence-corrected chi connectivity index (χ0v) is 21.4. The van der Waals surface area contributed by atoms with Crippen molar-refractivity contribution in [3.63, 3.8) is 0 Å². The highest BCUT2D eigenvalue weighted by Gasteiger charge is 2.67. The summed E-state index contributed by atoms with van der Waals surface area (Å²) in [4.78, 5) is 25.7. The number of aliphatic hydroxyl groups is 1. The molecule has 4 aliphatic rings. The van der Waals surface area contributed by atoms with Crippen molar-refractivity contribution >= 4 is 11.9 Å². The van der Waals surface area contributed by atoms with Crippen molar-refractivity contribution in [1.82, 2.24) is 4.90 Å². The van der Waals surface area contributed by atoms with Crippen molar-refractivity contribution < 1.29 is 29.6 Å². The zero-order chi connectivity index (χ0) is 25.3. The summed E-state index contributed by atoms with van der Waals surface area (Å²) in [5.41, 5.74) is 1.30. The van der Waals surface area contributed by atoms with Gasteiger partial charge in [-0.15, -0.1) is 0 Å². The number of amides is 1. The van der Waals surface area contributed by atoms with Crippen molar-refractivity contribution in [3.05, 3.63) is 22.8 Å². The Balaban J connectivity index is 1.47. The number of benzene rings is 1. The first-order chi connectivity index (χ1) is 16.4. The molecule has 35 heavy (non-hydrogen) atoms. The van der Waals surface area contributed by atoms with Crippen LogP contribution in [0.1, 0.15) is 94.1 Å². The maximum Gasteiger partial charge on any atom is 0.303 e. The first-order valence-electron chi connectivity index (χ1n) is 13.2. The molecule has 5 rings (SSSR count). The fourth-order valence-corrected chi connectivity index (χ4v) is 8.09. The van der Waals surface area contributed by atoms with E-state index in [1.807, 2.05) is 0 Å². The molecule has 1 spiro atoms. The van der Waals surface area contributed by atoms with Crippen LogP contribution in [0.25, 0.3) is 0 Å². The lowest BCUT2D eigenvalue weighted by molar-refractivity contribution is -0.210. The molecule has 2 heterocycles. The van der Waals surface area contributed by atoms with E-state index < -0.39 is 11.6 Å². The summed E-state index contributed by atoms with van der Waals surface area (Å²) in [6.07, 6.45) is 5.20. The van der Waals surface area contributed by atoms with Gasteiger partial charge in [0.05, 0.1) is 18.2 Å². The molecule has 2 saturated carbocycles. The number of carbonyl (C=O) groups is 2.